The van der Waals surface area contributed by atoms with Crippen LogP contribution in [0, 0.1) is 10.1 Å². The van der Waals surface area contributed by atoms with E-state index < -0.39 is 29.2 Å². The molecule has 2 aromatic rings. The summed E-state index contributed by atoms with van der Waals surface area (Å²) in [6, 6.07) is 4.45. The number of hydrogen-bond acceptors (Lipinski definition) is 4. The number of hydrogen-bond donors (Lipinski definition) is 1. The Labute approximate surface area is 149 Å². The molecular weight excluding hydrogens is 377 g/mol. The van der Waals surface area contributed by atoms with Crippen LogP contribution in [-0.4, -0.2) is 20.6 Å². The number of alkyl halides is 3. The lowest BCUT2D eigenvalue weighted by Crippen LogP contribution is -2.21. The fourth-order valence-electron chi connectivity index (χ4n) is 2.45. The van der Waals surface area contributed by atoms with Gasteiger partial charge in [-0.3, -0.25) is 19.6 Å². The first-order valence-corrected chi connectivity index (χ1v) is 7.91. The number of carbonyl (C=O) groups is 1. The van der Waals surface area contributed by atoms with E-state index in [4.69, 9.17) is 11.6 Å². The maximum Gasteiger partial charge on any atom is 0.435 e. The third kappa shape index (κ3) is 3.96. The Kier molecular flexibility index (Phi) is 4.61. The number of amides is 1. The Hall–Kier alpha value is -2.62. The van der Waals surface area contributed by atoms with Gasteiger partial charge in [-0.15, -0.1) is 0 Å². The van der Waals surface area contributed by atoms with E-state index in [9.17, 15) is 28.1 Å². The molecule has 1 amide bonds. The van der Waals surface area contributed by atoms with Gasteiger partial charge in [0.2, 0.25) is 5.91 Å². The predicted molar refractivity (Wildman–Crippen MR) is 85.9 cm³/mol. The number of nitrogens with one attached hydrogen (secondary N) is 1. The Morgan fingerprint density at radius 3 is 2.65 bits per heavy atom. The second-order valence-electron chi connectivity index (χ2n) is 5.85. The maximum atomic E-state index is 12.9. The zero-order chi connectivity index (χ0) is 19.1. The lowest BCUT2D eigenvalue weighted by molar-refractivity contribution is -0.384. The monoisotopic (exact) mass is 388 g/mol. The molecule has 0 atom stereocenters. The summed E-state index contributed by atoms with van der Waals surface area (Å²) in [5, 5.41) is 16.7. The van der Waals surface area contributed by atoms with Crippen molar-refractivity contribution in [3.63, 3.8) is 0 Å². The lowest BCUT2D eigenvalue weighted by Gasteiger charge is -2.09. The van der Waals surface area contributed by atoms with Crippen molar-refractivity contribution in [1.82, 2.24) is 9.78 Å². The van der Waals surface area contributed by atoms with Gasteiger partial charge in [0, 0.05) is 23.7 Å². The lowest BCUT2D eigenvalue weighted by atomic mass is 10.2. The number of nitrogens with zero attached hydrogens (tertiary/aromatic N) is 3. The number of nitro groups is 1. The summed E-state index contributed by atoms with van der Waals surface area (Å²) in [6.07, 6.45) is -3.13. The zero-order valence-electron chi connectivity index (χ0n) is 13.1. The second-order valence-corrected chi connectivity index (χ2v) is 6.26. The summed E-state index contributed by atoms with van der Waals surface area (Å²) in [4.78, 5) is 22.3. The molecular formula is C15H12ClF3N4O3. The van der Waals surface area contributed by atoms with E-state index in [-0.39, 0.29) is 22.3 Å². The summed E-state index contributed by atoms with van der Waals surface area (Å²) in [5.41, 5.74) is -0.984. The second kappa shape index (κ2) is 6.60. The van der Waals surface area contributed by atoms with E-state index in [0.717, 1.165) is 29.7 Å². The minimum atomic E-state index is -4.60. The van der Waals surface area contributed by atoms with Crippen LogP contribution in [0.1, 0.15) is 30.1 Å². The van der Waals surface area contributed by atoms with Gasteiger partial charge in [0.25, 0.3) is 5.69 Å². The van der Waals surface area contributed by atoms with E-state index >= 15 is 0 Å². The molecule has 1 aliphatic rings. The minimum Gasteiger partial charge on any atom is -0.323 e. The average Bonchev–Trinajstić information content (AvgIpc) is 3.29. The van der Waals surface area contributed by atoms with E-state index in [1.54, 1.807) is 0 Å². The molecule has 3 rings (SSSR count). The van der Waals surface area contributed by atoms with Gasteiger partial charge in [-0.05, 0) is 25.0 Å². The normalized spacial score (nSPS) is 14.3. The fraction of sp³-hybridized carbons (Fsp3) is 0.333. The van der Waals surface area contributed by atoms with Crippen molar-refractivity contribution < 1.29 is 22.9 Å². The van der Waals surface area contributed by atoms with Crippen molar-refractivity contribution in [2.75, 3.05) is 5.32 Å². The van der Waals surface area contributed by atoms with Crippen LogP contribution < -0.4 is 5.32 Å². The number of halogens is 4. The quantitative estimate of drug-likeness (QED) is 0.619. The van der Waals surface area contributed by atoms with Gasteiger partial charge >= 0.3 is 6.18 Å². The van der Waals surface area contributed by atoms with Crippen LogP contribution >= 0.6 is 11.6 Å². The molecule has 1 aromatic heterocycles. The van der Waals surface area contributed by atoms with Gasteiger partial charge in [0.15, 0.2) is 5.69 Å². The molecule has 1 heterocycles. The molecule has 0 spiro atoms. The molecule has 0 aliphatic heterocycles. The molecule has 1 aliphatic carbocycles. The topological polar surface area (TPSA) is 90.1 Å². The molecule has 0 unspecified atom stereocenters. The van der Waals surface area contributed by atoms with E-state index in [2.05, 4.69) is 10.4 Å². The van der Waals surface area contributed by atoms with Crippen LogP contribution in [-0.2, 0) is 17.5 Å². The van der Waals surface area contributed by atoms with E-state index in [1.807, 2.05) is 0 Å². The number of non-ortho nitro benzene ring substituents is 1. The molecule has 0 saturated heterocycles. The maximum absolute atomic E-state index is 12.9. The highest BCUT2D eigenvalue weighted by Crippen LogP contribution is 2.42. The average molecular weight is 389 g/mol. The standard InChI is InChI=1S/C15H12ClF3N4O3/c16-10-4-3-9(23(25)26)5-11(10)20-14(24)7-22-12(8-1-2-8)6-13(21-22)15(17,18)19/h3-6,8H,1-2,7H2,(H,20,24). The zero-order valence-corrected chi connectivity index (χ0v) is 13.8. The van der Waals surface area contributed by atoms with Crippen molar-refractivity contribution in [2.45, 2.75) is 31.5 Å². The Balaban J connectivity index is 1.79. The van der Waals surface area contributed by atoms with Gasteiger partial charge in [-0.2, -0.15) is 18.3 Å². The number of rotatable bonds is 5. The highest BCUT2D eigenvalue weighted by atomic mass is 35.5. The number of carbonyl (C=O) groups excluding carboxylic acids is 1. The molecule has 1 N–H and O–H groups in total. The molecule has 1 fully saturated rings. The summed E-state index contributed by atoms with van der Waals surface area (Å²) >= 11 is 5.90. The van der Waals surface area contributed by atoms with Crippen molar-refractivity contribution in [3.05, 3.63) is 50.8 Å². The Bertz CT molecular complexity index is 878. The number of benzene rings is 1. The highest BCUT2D eigenvalue weighted by molar-refractivity contribution is 6.33. The fourth-order valence-corrected chi connectivity index (χ4v) is 2.62. The molecule has 0 bridgehead atoms. The van der Waals surface area contributed by atoms with Crippen molar-refractivity contribution in [2.24, 2.45) is 0 Å². The Morgan fingerprint density at radius 1 is 1.38 bits per heavy atom. The van der Waals surface area contributed by atoms with Gasteiger partial charge in [0.05, 0.1) is 15.6 Å². The van der Waals surface area contributed by atoms with Crippen LogP contribution in [0.4, 0.5) is 24.5 Å². The molecule has 1 saturated carbocycles. The third-order valence-corrected chi connectivity index (χ3v) is 4.15. The van der Waals surface area contributed by atoms with Crippen molar-refractivity contribution in [3.8, 4) is 0 Å². The van der Waals surface area contributed by atoms with Crippen LogP contribution in [0.5, 0.6) is 0 Å². The molecule has 7 nitrogen and oxygen atoms in total. The van der Waals surface area contributed by atoms with Crippen LogP contribution in [0.25, 0.3) is 0 Å². The summed E-state index contributed by atoms with van der Waals surface area (Å²) in [5.74, 6) is -0.737. The van der Waals surface area contributed by atoms with Gasteiger partial charge < -0.3 is 5.32 Å². The predicted octanol–water partition coefficient (Wildman–Crippen LogP) is 3.98. The van der Waals surface area contributed by atoms with Crippen LogP contribution in [0.2, 0.25) is 5.02 Å². The van der Waals surface area contributed by atoms with Crippen LogP contribution in [0.15, 0.2) is 24.3 Å². The van der Waals surface area contributed by atoms with Gasteiger partial charge in [-0.25, -0.2) is 0 Å². The summed E-state index contributed by atoms with van der Waals surface area (Å²) < 4.78 is 39.6. The minimum absolute atomic E-state index is 0.00189. The van der Waals surface area contributed by atoms with Gasteiger partial charge in [-0.1, -0.05) is 11.6 Å². The van der Waals surface area contributed by atoms with Crippen molar-refractivity contribution in [1.29, 1.82) is 0 Å². The van der Waals surface area contributed by atoms with E-state index in [1.165, 1.54) is 12.1 Å². The number of aromatic nitrogens is 2. The molecule has 26 heavy (non-hydrogen) atoms. The Morgan fingerprint density at radius 2 is 2.08 bits per heavy atom. The van der Waals surface area contributed by atoms with Gasteiger partial charge in [0.1, 0.15) is 6.54 Å². The summed E-state index contributed by atoms with van der Waals surface area (Å²) in [7, 11) is 0. The molecule has 138 valence electrons. The largest absolute Gasteiger partial charge is 0.435 e. The van der Waals surface area contributed by atoms with Crippen LogP contribution in [0.3, 0.4) is 0 Å². The third-order valence-electron chi connectivity index (χ3n) is 3.83. The van der Waals surface area contributed by atoms with Crippen molar-refractivity contribution >= 4 is 28.9 Å². The number of anilines is 1. The molecule has 11 heteroatoms. The molecule has 1 aromatic carbocycles. The molecule has 0 radical (unpaired) electrons. The SMILES string of the molecule is O=C(Cn1nc(C(F)(F)F)cc1C1CC1)Nc1cc([N+](=O)[O-])ccc1Cl. The van der Waals surface area contributed by atoms with E-state index in [0.29, 0.717) is 5.69 Å². The summed E-state index contributed by atoms with van der Waals surface area (Å²) in [6.45, 7) is -0.457. The number of nitro benzene ring substituents is 1. The first-order chi connectivity index (χ1) is 12.1. The smallest absolute Gasteiger partial charge is 0.323 e. The first-order valence-electron chi connectivity index (χ1n) is 7.54. The first kappa shape index (κ1) is 18.2. The highest BCUT2D eigenvalue weighted by Gasteiger charge is 2.38.